The van der Waals surface area contributed by atoms with Crippen molar-refractivity contribution < 1.29 is 8.78 Å². The zero-order valence-corrected chi connectivity index (χ0v) is 9.42. The van der Waals surface area contributed by atoms with Gasteiger partial charge in [0.15, 0.2) is 0 Å². The second-order valence-electron chi connectivity index (χ2n) is 4.56. The van der Waals surface area contributed by atoms with Crippen LogP contribution in [0.2, 0.25) is 0 Å². The number of rotatable bonds is 1. The van der Waals surface area contributed by atoms with Crippen molar-refractivity contribution in [2.45, 2.75) is 25.2 Å². The molecule has 1 fully saturated rings. The van der Waals surface area contributed by atoms with Gasteiger partial charge in [0.05, 0.1) is 0 Å². The molecule has 6 heteroatoms. The summed E-state index contributed by atoms with van der Waals surface area (Å²) in [6.45, 7) is 1.53. The van der Waals surface area contributed by atoms with E-state index in [9.17, 15) is 8.78 Å². The first-order valence-electron chi connectivity index (χ1n) is 5.87. The molecule has 4 nitrogen and oxygen atoms in total. The third kappa shape index (κ3) is 2.03. The first-order valence-corrected chi connectivity index (χ1v) is 5.87. The monoisotopic (exact) mass is 240 g/mol. The number of hydrogen-bond donors (Lipinski definition) is 1. The van der Waals surface area contributed by atoms with E-state index in [-0.39, 0.29) is 12.8 Å². The van der Waals surface area contributed by atoms with Crippen molar-refractivity contribution in [3.8, 4) is 0 Å². The average Bonchev–Trinajstić information content (AvgIpc) is 2.76. The highest BCUT2D eigenvalue weighted by Crippen LogP contribution is 2.30. The van der Waals surface area contributed by atoms with Crippen LogP contribution in [0, 0.1) is 0 Å². The summed E-state index contributed by atoms with van der Waals surface area (Å²) in [7, 11) is 0. The molecule has 2 aliphatic rings. The molecule has 2 aliphatic heterocycles. The Morgan fingerprint density at radius 3 is 2.82 bits per heavy atom. The second kappa shape index (κ2) is 3.78. The Morgan fingerprint density at radius 1 is 1.29 bits per heavy atom. The molecule has 0 bridgehead atoms. The molecular formula is C11H14F2N4. The van der Waals surface area contributed by atoms with Crippen LogP contribution in [0.3, 0.4) is 0 Å². The van der Waals surface area contributed by atoms with E-state index < -0.39 is 5.92 Å². The summed E-state index contributed by atoms with van der Waals surface area (Å²) in [5, 5.41) is 3.17. The van der Waals surface area contributed by atoms with Gasteiger partial charge in [0.2, 0.25) is 5.95 Å². The summed E-state index contributed by atoms with van der Waals surface area (Å²) in [6.07, 6.45) is 2.51. The van der Waals surface area contributed by atoms with E-state index in [0.717, 1.165) is 24.3 Å². The molecule has 0 saturated carbocycles. The number of anilines is 2. The number of nitrogens with one attached hydrogen (secondary N) is 1. The van der Waals surface area contributed by atoms with Crippen molar-refractivity contribution >= 4 is 11.8 Å². The van der Waals surface area contributed by atoms with Gasteiger partial charge < -0.3 is 10.2 Å². The molecule has 0 spiro atoms. The zero-order chi connectivity index (χ0) is 11.9. The quantitative estimate of drug-likeness (QED) is 0.811. The van der Waals surface area contributed by atoms with Gasteiger partial charge in [-0.1, -0.05) is 0 Å². The Hall–Kier alpha value is -1.46. The lowest BCUT2D eigenvalue weighted by Gasteiger charge is -2.31. The van der Waals surface area contributed by atoms with Crippen LogP contribution in [0.1, 0.15) is 18.4 Å². The first-order chi connectivity index (χ1) is 8.14. The van der Waals surface area contributed by atoms with Gasteiger partial charge in [-0.05, 0) is 6.42 Å². The summed E-state index contributed by atoms with van der Waals surface area (Å²) in [6, 6.07) is 0. The Balaban J connectivity index is 1.77. The van der Waals surface area contributed by atoms with Gasteiger partial charge >= 0.3 is 0 Å². The van der Waals surface area contributed by atoms with Crippen molar-refractivity contribution in [1.82, 2.24) is 9.97 Å². The fraction of sp³-hybridized carbons (Fsp3) is 0.636. The van der Waals surface area contributed by atoms with E-state index in [1.807, 2.05) is 4.90 Å². The maximum atomic E-state index is 13.0. The van der Waals surface area contributed by atoms with Gasteiger partial charge in [0.1, 0.15) is 5.82 Å². The summed E-state index contributed by atoms with van der Waals surface area (Å²) in [4.78, 5) is 10.5. The molecule has 1 saturated heterocycles. The minimum absolute atomic E-state index is 0.110. The minimum Gasteiger partial charge on any atom is -0.369 e. The van der Waals surface area contributed by atoms with Crippen LogP contribution >= 0.6 is 0 Å². The molecule has 1 aromatic heterocycles. The van der Waals surface area contributed by atoms with Gasteiger partial charge in [-0.25, -0.2) is 13.8 Å². The smallest absolute Gasteiger partial charge is 0.251 e. The number of fused-ring (bicyclic) bond motifs is 1. The lowest BCUT2D eigenvalue weighted by atomic mass is 10.1. The van der Waals surface area contributed by atoms with Crippen LogP contribution in [-0.2, 0) is 6.42 Å². The average molecular weight is 240 g/mol. The summed E-state index contributed by atoms with van der Waals surface area (Å²) in [5.74, 6) is -1.10. The van der Waals surface area contributed by atoms with Crippen molar-refractivity contribution in [2.24, 2.45) is 0 Å². The van der Waals surface area contributed by atoms with Crippen molar-refractivity contribution in [2.75, 3.05) is 29.9 Å². The lowest BCUT2D eigenvalue weighted by molar-refractivity contribution is -0.0222. The molecule has 0 aromatic carbocycles. The molecule has 0 amide bonds. The van der Waals surface area contributed by atoms with E-state index in [1.165, 1.54) is 0 Å². The number of hydrogen-bond acceptors (Lipinski definition) is 4. The molecule has 0 radical (unpaired) electrons. The minimum atomic E-state index is -2.52. The standard InChI is InChI=1S/C11H14F2N4/c12-11(13)2-5-17(6-3-11)10-15-7-8-1-4-14-9(8)16-10/h7H,1-6H2,(H,14,15,16). The van der Waals surface area contributed by atoms with Gasteiger partial charge in [-0.2, -0.15) is 4.98 Å². The molecule has 17 heavy (non-hydrogen) atoms. The summed E-state index contributed by atoms with van der Waals surface area (Å²) >= 11 is 0. The Labute approximate surface area is 98.1 Å². The van der Waals surface area contributed by atoms with Gasteiger partial charge in [-0.3, -0.25) is 0 Å². The van der Waals surface area contributed by atoms with Crippen molar-refractivity contribution in [3.05, 3.63) is 11.8 Å². The fourth-order valence-corrected chi connectivity index (χ4v) is 2.24. The predicted molar refractivity (Wildman–Crippen MR) is 60.6 cm³/mol. The van der Waals surface area contributed by atoms with Gasteiger partial charge in [-0.15, -0.1) is 0 Å². The highest BCUT2D eigenvalue weighted by Gasteiger charge is 2.34. The molecule has 3 rings (SSSR count). The summed E-state index contributed by atoms with van der Waals surface area (Å²) in [5.41, 5.74) is 1.11. The Bertz CT molecular complexity index is 425. The SMILES string of the molecule is FC1(F)CCN(c2ncc3c(n2)NCC3)CC1. The molecule has 3 heterocycles. The Morgan fingerprint density at radius 2 is 2.06 bits per heavy atom. The van der Waals surface area contributed by atoms with Crippen LogP contribution in [-0.4, -0.2) is 35.5 Å². The lowest BCUT2D eigenvalue weighted by Crippen LogP contribution is -2.40. The van der Waals surface area contributed by atoms with Crippen molar-refractivity contribution in [3.63, 3.8) is 0 Å². The third-order valence-electron chi connectivity index (χ3n) is 3.32. The number of piperidine rings is 1. The molecule has 0 atom stereocenters. The molecule has 0 unspecified atom stereocenters. The maximum absolute atomic E-state index is 13.0. The molecule has 1 aromatic rings. The van der Waals surface area contributed by atoms with Crippen molar-refractivity contribution in [1.29, 1.82) is 0 Å². The number of alkyl halides is 2. The van der Waals surface area contributed by atoms with Crippen LogP contribution in [0.25, 0.3) is 0 Å². The normalized spacial score (nSPS) is 22.1. The Kier molecular flexibility index (Phi) is 2.38. The highest BCUT2D eigenvalue weighted by molar-refractivity contribution is 5.51. The van der Waals surface area contributed by atoms with Gasteiger partial charge in [0.25, 0.3) is 5.92 Å². The molecule has 0 aliphatic carbocycles. The van der Waals surface area contributed by atoms with Crippen LogP contribution in [0.4, 0.5) is 20.5 Å². The largest absolute Gasteiger partial charge is 0.369 e. The number of aromatic nitrogens is 2. The topological polar surface area (TPSA) is 41.1 Å². The second-order valence-corrected chi connectivity index (χ2v) is 4.56. The zero-order valence-electron chi connectivity index (χ0n) is 9.42. The van der Waals surface area contributed by atoms with Gasteiger partial charge in [0, 0.05) is 44.2 Å². The van der Waals surface area contributed by atoms with E-state index in [1.54, 1.807) is 6.20 Å². The van der Waals surface area contributed by atoms with E-state index >= 15 is 0 Å². The van der Waals surface area contributed by atoms with E-state index in [0.29, 0.717) is 19.0 Å². The molecule has 1 N–H and O–H groups in total. The van der Waals surface area contributed by atoms with E-state index in [2.05, 4.69) is 15.3 Å². The first kappa shape index (κ1) is 10.7. The number of halogens is 2. The predicted octanol–water partition coefficient (Wildman–Crippen LogP) is 1.68. The number of nitrogens with zero attached hydrogens (tertiary/aromatic N) is 3. The molecule has 92 valence electrons. The van der Waals surface area contributed by atoms with Crippen LogP contribution in [0.5, 0.6) is 0 Å². The third-order valence-corrected chi connectivity index (χ3v) is 3.32. The van der Waals surface area contributed by atoms with E-state index in [4.69, 9.17) is 0 Å². The summed E-state index contributed by atoms with van der Waals surface area (Å²) < 4.78 is 26.1. The van der Waals surface area contributed by atoms with Crippen LogP contribution < -0.4 is 10.2 Å². The fourth-order valence-electron chi connectivity index (χ4n) is 2.24. The molecular weight excluding hydrogens is 226 g/mol. The highest BCUT2D eigenvalue weighted by atomic mass is 19.3. The van der Waals surface area contributed by atoms with Crippen LogP contribution in [0.15, 0.2) is 6.20 Å². The maximum Gasteiger partial charge on any atom is 0.251 e.